The zero-order valence-corrected chi connectivity index (χ0v) is 33.4. The Kier molecular flexibility index (Phi) is 8.17. The maximum absolute atomic E-state index is 2.50. The third-order valence-corrected chi connectivity index (χ3v) is 12.3. The highest BCUT2D eigenvalue weighted by atomic mass is 15.2. The van der Waals surface area contributed by atoms with Crippen LogP contribution in [0.1, 0.15) is 0 Å². The van der Waals surface area contributed by atoms with Gasteiger partial charge in [0.1, 0.15) is 0 Å². The highest BCUT2D eigenvalue weighted by Crippen LogP contribution is 2.49. The monoisotopic (exact) mass is 777 g/mol. The normalized spacial score (nSPS) is 11.6. The predicted molar refractivity (Wildman–Crippen MR) is 258 cm³/mol. The molecule has 61 heavy (non-hydrogen) atoms. The molecule has 0 fully saturated rings. The maximum Gasteiger partial charge on any atom is 0.0782 e. The summed E-state index contributed by atoms with van der Waals surface area (Å²) in [5, 5.41) is 7.30. The van der Waals surface area contributed by atoms with E-state index in [1.807, 2.05) is 0 Å². The van der Waals surface area contributed by atoms with E-state index in [9.17, 15) is 0 Å². The predicted octanol–water partition coefficient (Wildman–Crippen LogP) is 15.8. The minimum absolute atomic E-state index is 1.07. The molecule has 0 N–H and O–H groups in total. The fourth-order valence-corrected chi connectivity index (χ4v) is 9.68. The number of hydrogen-bond donors (Lipinski definition) is 0. The van der Waals surface area contributed by atoms with Gasteiger partial charge in [0.15, 0.2) is 0 Å². The van der Waals surface area contributed by atoms with E-state index >= 15 is 0 Å². The number of aromatic nitrogens is 2. The van der Waals surface area contributed by atoms with E-state index in [0.717, 1.165) is 45.1 Å². The number of para-hydroxylation sites is 6. The second-order valence-corrected chi connectivity index (χ2v) is 15.7. The van der Waals surface area contributed by atoms with Gasteiger partial charge in [-0.3, -0.25) is 0 Å². The highest BCUT2D eigenvalue weighted by Gasteiger charge is 2.26. The van der Waals surface area contributed by atoms with Gasteiger partial charge in [0.25, 0.3) is 0 Å². The number of nitrogens with zero attached hydrogens (tertiary/aromatic N) is 3. The first-order valence-corrected chi connectivity index (χ1v) is 20.9. The van der Waals surface area contributed by atoms with Crippen LogP contribution in [0.15, 0.2) is 237 Å². The van der Waals surface area contributed by atoms with Crippen LogP contribution in [-0.2, 0) is 0 Å². The van der Waals surface area contributed by atoms with Gasteiger partial charge in [0.05, 0.1) is 39.1 Å². The van der Waals surface area contributed by atoms with Gasteiger partial charge in [0.2, 0.25) is 0 Å². The second kappa shape index (κ2) is 14.3. The number of benzene rings is 10. The third kappa shape index (κ3) is 5.59. The van der Waals surface area contributed by atoms with Crippen LogP contribution in [0, 0.1) is 0 Å². The number of rotatable bonds is 7. The van der Waals surface area contributed by atoms with E-state index in [2.05, 4.69) is 251 Å². The average Bonchev–Trinajstić information content (AvgIpc) is 3.86. The third-order valence-electron chi connectivity index (χ3n) is 12.3. The lowest BCUT2D eigenvalue weighted by Gasteiger charge is -2.30. The van der Waals surface area contributed by atoms with Gasteiger partial charge in [-0.05, 0) is 82.6 Å². The standard InChI is InChI=1S/C58H39N3/c1-3-19-40(20-4-1)42-22-17-25-44(39-42)59(56-36-18-31-49-48-29-11-13-32-51(48)60(58(49)56)43-23-5-2-6-24-43)54-35-16-12-30-50(54)57-45-26-8-7-21-41(45)37-38-55(57)61-52-33-14-9-27-46(52)47-28-10-15-34-53(47)61/h1-39H. The van der Waals surface area contributed by atoms with E-state index < -0.39 is 0 Å². The number of hydrogen-bond acceptors (Lipinski definition) is 1. The van der Waals surface area contributed by atoms with Crippen molar-refractivity contribution in [3.8, 4) is 33.6 Å². The van der Waals surface area contributed by atoms with Crippen molar-refractivity contribution in [2.45, 2.75) is 0 Å². The van der Waals surface area contributed by atoms with Crippen LogP contribution in [-0.4, -0.2) is 9.13 Å². The molecule has 12 rings (SSSR count). The van der Waals surface area contributed by atoms with E-state index in [0.29, 0.717) is 0 Å². The fourth-order valence-electron chi connectivity index (χ4n) is 9.68. The largest absolute Gasteiger partial charge is 0.309 e. The summed E-state index contributed by atoms with van der Waals surface area (Å²) >= 11 is 0. The first kappa shape index (κ1) is 34.9. The molecular weight excluding hydrogens is 739 g/mol. The van der Waals surface area contributed by atoms with E-state index in [1.54, 1.807) is 0 Å². The van der Waals surface area contributed by atoms with Crippen LogP contribution >= 0.6 is 0 Å². The van der Waals surface area contributed by atoms with E-state index in [4.69, 9.17) is 0 Å². The molecule has 0 saturated carbocycles. The first-order valence-electron chi connectivity index (χ1n) is 20.9. The van der Waals surface area contributed by atoms with Crippen LogP contribution < -0.4 is 4.90 Å². The first-order chi connectivity index (χ1) is 30.3. The molecule has 286 valence electrons. The van der Waals surface area contributed by atoms with Gasteiger partial charge in [0, 0.05) is 44.0 Å². The Morgan fingerprint density at radius 3 is 1.59 bits per heavy atom. The Morgan fingerprint density at radius 2 is 0.852 bits per heavy atom. The lowest BCUT2D eigenvalue weighted by atomic mass is 9.93. The molecule has 3 heteroatoms. The van der Waals surface area contributed by atoms with Crippen LogP contribution in [0.3, 0.4) is 0 Å². The SMILES string of the molecule is c1ccc(-c2cccc(N(c3ccccc3-c3c(-n4c5ccccc5c5ccccc54)ccc4ccccc34)c3cccc4c5ccccc5n(-c5ccccc5)c34)c2)cc1. The van der Waals surface area contributed by atoms with Crippen molar-refractivity contribution in [1.82, 2.24) is 9.13 Å². The van der Waals surface area contributed by atoms with Crippen molar-refractivity contribution in [3.63, 3.8) is 0 Å². The average molecular weight is 778 g/mol. The molecule has 0 aliphatic carbocycles. The minimum atomic E-state index is 1.07. The summed E-state index contributed by atoms with van der Waals surface area (Å²) in [7, 11) is 0. The smallest absolute Gasteiger partial charge is 0.0782 e. The van der Waals surface area contributed by atoms with Gasteiger partial charge in [-0.15, -0.1) is 0 Å². The Labute approximate surface area is 354 Å². The second-order valence-electron chi connectivity index (χ2n) is 15.7. The molecule has 0 aliphatic heterocycles. The summed E-state index contributed by atoms with van der Waals surface area (Å²) in [6.07, 6.45) is 0. The van der Waals surface area contributed by atoms with E-state index in [1.165, 1.54) is 60.0 Å². The van der Waals surface area contributed by atoms with Crippen molar-refractivity contribution in [1.29, 1.82) is 0 Å². The molecule has 0 atom stereocenters. The molecule has 0 bridgehead atoms. The summed E-state index contributed by atoms with van der Waals surface area (Å²) in [6.45, 7) is 0. The molecule has 0 spiro atoms. The Bertz CT molecular complexity index is 3540. The summed E-state index contributed by atoms with van der Waals surface area (Å²) in [5.74, 6) is 0. The minimum Gasteiger partial charge on any atom is -0.309 e. The van der Waals surface area contributed by atoms with Gasteiger partial charge in [-0.1, -0.05) is 176 Å². The zero-order chi connectivity index (χ0) is 40.3. The molecule has 2 aromatic heterocycles. The summed E-state index contributed by atoms with van der Waals surface area (Å²) < 4.78 is 4.91. The molecule has 0 unspecified atom stereocenters. The summed E-state index contributed by atoms with van der Waals surface area (Å²) in [6, 6.07) is 86.1. The maximum atomic E-state index is 2.50. The molecular formula is C58H39N3. The molecule has 3 nitrogen and oxygen atoms in total. The molecule has 0 aliphatic rings. The van der Waals surface area contributed by atoms with Gasteiger partial charge < -0.3 is 14.0 Å². The van der Waals surface area contributed by atoms with Gasteiger partial charge in [-0.25, -0.2) is 0 Å². The van der Waals surface area contributed by atoms with Crippen molar-refractivity contribution in [2.24, 2.45) is 0 Å². The van der Waals surface area contributed by atoms with E-state index in [-0.39, 0.29) is 0 Å². The van der Waals surface area contributed by atoms with Gasteiger partial charge >= 0.3 is 0 Å². The molecule has 12 aromatic rings. The highest BCUT2D eigenvalue weighted by molar-refractivity contribution is 6.16. The van der Waals surface area contributed by atoms with Gasteiger partial charge in [-0.2, -0.15) is 0 Å². The van der Waals surface area contributed by atoms with Crippen LogP contribution in [0.2, 0.25) is 0 Å². The zero-order valence-electron chi connectivity index (χ0n) is 33.4. The lowest BCUT2D eigenvalue weighted by molar-refractivity contribution is 1.16. The van der Waals surface area contributed by atoms with Crippen molar-refractivity contribution >= 4 is 71.4 Å². The Hall–Kier alpha value is -8.14. The number of fused-ring (bicyclic) bond motifs is 7. The Morgan fingerprint density at radius 1 is 0.328 bits per heavy atom. The number of anilines is 3. The lowest BCUT2D eigenvalue weighted by Crippen LogP contribution is -2.13. The topological polar surface area (TPSA) is 13.1 Å². The van der Waals surface area contributed by atoms with Crippen molar-refractivity contribution < 1.29 is 0 Å². The molecule has 0 saturated heterocycles. The quantitative estimate of drug-likeness (QED) is 0.157. The van der Waals surface area contributed by atoms with Crippen molar-refractivity contribution in [2.75, 3.05) is 4.90 Å². The van der Waals surface area contributed by atoms with Crippen LogP contribution in [0.25, 0.3) is 88.0 Å². The van der Waals surface area contributed by atoms with Crippen LogP contribution in [0.4, 0.5) is 17.1 Å². The van der Waals surface area contributed by atoms with Crippen LogP contribution in [0.5, 0.6) is 0 Å². The Balaban J connectivity index is 1.21. The fraction of sp³-hybridized carbons (Fsp3) is 0. The molecule has 2 heterocycles. The summed E-state index contributed by atoms with van der Waals surface area (Å²) in [5.41, 5.74) is 14.9. The molecule has 10 aromatic carbocycles. The molecule has 0 amide bonds. The summed E-state index contributed by atoms with van der Waals surface area (Å²) in [4.78, 5) is 2.50. The van der Waals surface area contributed by atoms with Crippen molar-refractivity contribution in [3.05, 3.63) is 237 Å². The molecule has 0 radical (unpaired) electrons.